The van der Waals surface area contributed by atoms with E-state index >= 15 is 0 Å². The van der Waals surface area contributed by atoms with E-state index in [9.17, 15) is 14.9 Å². The van der Waals surface area contributed by atoms with E-state index < -0.39 is 11.0 Å². The molecule has 0 spiro atoms. The normalized spacial score (nSPS) is 10.6. The summed E-state index contributed by atoms with van der Waals surface area (Å²) in [5, 5.41) is 13.4. The number of nitro benzene ring substituents is 1. The second kappa shape index (κ2) is 7.18. The van der Waals surface area contributed by atoms with Crippen LogP contribution >= 0.6 is 11.6 Å². The maximum Gasteiger partial charge on any atom is 0.411 e. The van der Waals surface area contributed by atoms with Gasteiger partial charge < -0.3 is 9.15 Å². The van der Waals surface area contributed by atoms with Crippen LogP contribution in [0.1, 0.15) is 0 Å². The minimum absolute atomic E-state index is 0.0802. The van der Waals surface area contributed by atoms with Crippen LogP contribution in [-0.4, -0.2) is 28.5 Å². The van der Waals surface area contributed by atoms with Crippen molar-refractivity contribution >= 4 is 40.2 Å². The summed E-state index contributed by atoms with van der Waals surface area (Å²) in [6.45, 7) is 0.0854. The zero-order valence-corrected chi connectivity index (χ0v) is 13.5. The van der Waals surface area contributed by atoms with Crippen molar-refractivity contribution < 1.29 is 18.9 Å². The Labute approximate surface area is 146 Å². The quantitative estimate of drug-likeness (QED) is 0.414. The number of ether oxygens (including phenoxy) is 1. The molecule has 0 fully saturated rings. The van der Waals surface area contributed by atoms with Crippen molar-refractivity contribution in [1.29, 1.82) is 0 Å². The molecule has 0 unspecified atom stereocenters. The van der Waals surface area contributed by atoms with E-state index in [1.807, 2.05) is 0 Å². The highest BCUT2D eigenvalue weighted by molar-refractivity contribution is 6.18. The Morgan fingerprint density at radius 1 is 1.32 bits per heavy atom. The Morgan fingerprint density at radius 3 is 2.88 bits per heavy atom. The van der Waals surface area contributed by atoms with E-state index in [4.69, 9.17) is 20.8 Å². The molecule has 25 heavy (non-hydrogen) atoms. The molecule has 128 valence electrons. The summed E-state index contributed by atoms with van der Waals surface area (Å²) in [6, 6.07) is 11.0. The molecule has 3 aromatic rings. The van der Waals surface area contributed by atoms with E-state index in [1.54, 1.807) is 24.3 Å². The van der Waals surface area contributed by atoms with Gasteiger partial charge in [0.2, 0.25) is 5.89 Å². The first kappa shape index (κ1) is 16.7. The van der Waals surface area contributed by atoms with Crippen molar-refractivity contribution in [2.24, 2.45) is 0 Å². The van der Waals surface area contributed by atoms with Gasteiger partial charge in [0, 0.05) is 12.1 Å². The molecule has 0 atom stereocenters. The lowest BCUT2D eigenvalue weighted by molar-refractivity contribution is -0.384. The number of rotatable bonds is 5. The zero-order chi connectivity index (χ0) is 17.8. The number of hydrogen-bond donors (Lipinski definition) is 1. The van der Waals surface area contributed by atoms with Gasteiger partial charge in [-0.1, -0.05) is 12.1 Å². The molecule has 1 heterocycles. The maximum absolute atomic E-state index is 11.7. The number of fused-ring (bicyclic) bond motifs is 1. The molecule has 1 N–H and O–H groups in total. The van der Waals surface area contributed by atoms with Gasteiger partial charge in [0.05, 0.1) is 22.1 Å². The predicted octanol–water partition coefficient (Wildman–Crippen LogP) is 4.19. The third-order valence-electron chi connectivity index (χ3n) is 3.29. The number of benzene rings is 2. The minimum Gasteiger partial charge on any atom is -0.448 e. The topological polar surface area (TPSA) is 108 Å². The molecule has 0 aliphatic carbocycles. The van der Waals surface area contributed by atoms with Gasteiger partial charge in [-0.2, -0.15) is 0 Å². The Bertz CT molecular complexity index is 940. The third kappa shape index (κ3) is 3.69. The number of anilines is 1. The number of non-ortho nitro benzene ring substituents is 1. The molecule has 0 radical (unpaired) electrons. The van der Waals surface area contributed by atoms with Crippen LogP contribution in [0, 0.1) is 10.1 Å². The lowest BCUT2D eigenvalue weighted by atomic mass is 10.2. The summed E-state index contributed by atoms with van der Waals surface area (Å²) in [5.74, 6) is 0.419. The summed E-state index contributed by atoms with van der Waals surface area (Å²) in [4.78, 5) is 26.4. The third-order valence-corrected chi connectivity index (χ3v) is 3.44. The van der Waals surface area contributed by atoms with Crippen LogP contribution in [0.4, 0.5) is 16.2 Å². The van der Waals surface area contributed by atoms with Gasteiger partial charge >= 0.3 is 6.09 Å². The molecule has 0 bridgehead atoms. The number of oxazole rings is 1. The molecule has 1 aromatic heterocycles. The molecule has 3 rings (SSSR count). The van der Waals surface area contributed by atoms with Gasteiger partial charge in [0.25, 0.3) is 5.69 Å². The monoisotopic (exact) mass is 361 g/mol. The molecule has 0 aliphatic heterocycles. The van der Waals surface area contributed by atoms with Crippen molar-refractivity contribution in [1.82, 2.24) is 4.98 Å². The van der Waals surface area contributed by atoms with Crippen LogP contribution in [0.15, 0.2) is 46.9 Å². The fourth-order valence-electron chi connectivity index (χ4n) is 2.20. The molecule has 9 heteroatoms. The summed E-state index contributed by atoms with van der Waals surface area (Å²) in [7, 11) is 0. The second-order valence-corrected chi connectivity index (χ2v) is 5.30. The Hall–Kier alpha value is -3.13. The molecular formula is C16H12ClN3O5. The van der Waals surface area contributed by atoms with Crippen LogP contribution in [0.5, 0.6) is 0 Å². The number of carbonyl (C=O) groups is 1. The van der Waals surface area contributed by atoms with E-state index in [1.165, 1.54) is 18.2 Å². The molecule has 0 saturated heterocycles. The maximum atomic E-state index is 11.7. The van der Waals surface area contributed by atoms with E-state index in [0.29, 0.717) is 22.4 Å². The first-order chi connectivity index (χ1) is 12.1. The molecule has 1 amide bonds. The number of nitro groups is 1. The first-order valence-electron chi connectivity index (χ1n) is 7.22. The number of aromatic nitrogens is 1. The fourth-order valence-corrected chi connectivity index (χ4v) is 2.28. The van der Waals surface area contributed by atoms with Crippen LogP contribution in [-0.2, 0) is 4.74 Å². The number of carbonyl (C=O) groups excluding carboxylic acids is 1. The predicted molar refractivity (Wildman–Crippen MR) is 91.8 cm³/mol. The summed E-state index contributed by atoms with van der Waals surface area (Å²) in [5.41, 5.74) is 1.62. The van der Waals surface area contributed by atoms with Gasteiger partial charge in [0.15, 0.2) is 5.58 Å². The summed E-state index contributed by atoms with van der Waals surface area (Å²) >= 11 is 5.48. The van der Waals surface area contributed by atoms with Crippen molar-refractivity contribution in [3.63, 3.8) is 0 Å². The van der Waals surface area contributed by atoms with Crippen molar-refractivity contribution in [2.45, 2.75) is 0 Å². The zero-order valence-electron chi connectivity index (χ0n) is 12.8. The number of hydrogen-bond acceptors (Lipinski definition) is 6. The van der Waals surface area contributed by atoms with E-state index in [2.05, 4.69) is 10.3 Å². The average molecular weight is 362 g/mol. The highest BCUT2D eigenvalue weighted by Crippen LogP contribution is 2.31. The average Bonchev–Trinajstić information content (AvgIpc) is 3.03. The second-order valence-electron chi connectivity index (χ2n) is 4.92. The number of amides is 1. The Morgan fingerprint density at radius 2 is 2.12 bits per heavy atom. The Balaban J connectivity index is 1.95. The molecule has 0 saturated carbocycles. The van der Waals surface area contributed by atoms with Crippen LogP contribution in [0.25, 0.3) is 22.6 Å². The van der Waals surface area contributed by atoms with Gasteiger partial charge in [-0.3, -0.25) is 15.4 Å². The van der Waals surface area contributed by atoms with Crippen molar-refractivity contribution in [2.75, 3.05) is 17.8 Å². The summed E-state index contributed by atoms with van der Waals surface area (Å²) < 4.78 is 10.5. The van der Waals surface area contributed by atoms with Crippen LogP contribution < -0.4 is 5.32 Å². The van der Waals surface area contributed by atoms with Crippen molar-refractivity contribution in [3.05, 3.63) is 52.6 Å². The fraction of sp³-hybridized carbons (Fsp3) is 0.125. The summed E-state index contributed by atoms with van der Waals surface area (Å²) in [6.07, 6.45) is -0.653. The molecule has 8 nitrogen and oxygen atoms in total. The van der Waals surface area contributed by atoms with E-state index in [-0.39, 0.29) is 24.1 Å². The Kier molecular flexibility index (Phi) is 4.80. The highest BCUT2D eigenvalue weighted by atomic mass is 35.5. The molecular weight excluding hydrogens is 350 g/mol. The highest BCUT2D eigenvalue weighted by Gasteiger charge is 2.16. The van der Waals surface area contributed by atoms with Gasteiger partial charge in [0.1, 0.15) is 12.1 Å². The van der Waals surface area contributed by atoms with Crippen molar-refractivity contribution in [3.8, 4) is 11.5 Å². The number of halogens is 1. The van der Waals surface area contributed by atoms with E-state index in [0.717, 1.165) is 0 Å². The number of para-hydroxylation sites is 1. The first-order valence-corrected chi connectivity index (χ1v) is 7.76. The smallest absolute Gasteiger partial charge is 0.411 e. The van der Waals surface area contributed by atoms with Crippen LogP contribution in [0.3, 0.4) is 0 Å². The molecule has 0 aliphatic rings. The van der Waals surface area contributed by atoms with Gasteiger partial charge in [-0.15, -0.1) is 11.6 Å². The number of nitrogens with one attached hydrogen (secondary N) is 1. The SMILES string of the molecule is O=C(Nc1ccccc1-c1nc2cc([N+](=O)[O-])ccc2o1)OCCCl. The van der Waals surface area contributed by atoms with Gasteiger partial charge in [-0.05, 0) is 18.2 Å². The van der Waals surface area contributed by atoms with Crippen LogP contribution in [0.2, 0.25) is 0 Å². The number of alkyl halides is 1. The lowest BCUT2D eigenvalue weighted by Gasteiger charge is -2.08. The van der Waals surface area contributed by atoms with Gasteiger partial charge in [-0.25, -0.2) is 9.78 Å². The standard InChI is InChI=1S/C16H12ClN3O5/c17-7-8-24-16(21)19-12-4-2-1-3-11(12)15-18-13-9-10(20(22)23)5-6-14(13)25-15/h1-6,9H,7-8H2,(H,19,21). The lowest BCUT2D eigenvalue weighted by Crippen LogP contribution is -2.15. The largest absolute Gasteiger partial charge is 0.448 e. The number of nitrogens with zero attached hydrogens (tertiary/aromatic N) is 2. The minimum atomic E-state index is -0.653. The molecule has 2 aromatic carbocycles.